The van der Waals surface area contributed by atoms with E-state index in [1.54, 1.807) is 25.9 Å². The Bertz CT molecular complexity index is 555. The largest absolute Gasteiger partial charge is 0.462 e. The summed E-state index contributed by atoms with van der Waals surface area (Å²) in [5, 5.41) is -0.0519. The third kappa shape index (κ3) is 4.06. The molecule has 0 amide bonds. The molecule has 0 fully saturated rings. The second-order valence-electron chi connectivity index (χ2n) is 4.18. The highest BCUT2D eigenvalue weighted by Crippen LogP contribution is 2.21. The van der Waals surface area contributed by atoms with Crippen molar-refractivity contribution in [3.8, 4) is 0 Å². The van der Waals surface area contributed by atoms with Gasteiger partial charge in [0.25, 0.3) is 0 Å². The topological polar surface area (TPSA) is 46.6 Å². The van der Waals surface area contributed by atoms with Gasteiger partial charge in [0.05, 0.1) is 11.6 Å². The second kappa shape index (κ2) is 7.05. The normalized spacial score (nSPS) is 11.2. The predicted octanol–water partition coefficient (Wildman–Crippen LogP) is 2.67. The molecule has 108 valence electrons. The van der Waals surface area contributed by atoms with Crippen LogP contribution in [0.3, 0.4) is 0 Å². The Kier molecular flexibility index (Phi) is 5.70. The number of rotatable bonds is 5. The molecule has 0 atom stereocenters. The van der Waals surface area contributed by atoms with Gasteiger partial charge in [-0.2, -0.15) is 0 Å². The van der Waals surface area contributed by atoms with Crippen LogP contribution < -0.4 is 0 Å². The van der Waals surface area contributed by atoms with Crippen molar-refractivity contribution in [3.05, 3.63) is 46.4 Å². The highest BCUT2D eigenvalue weighted by Gasteiger charge is 2.23. The first-order valence-corrected chi connectivity index (χ1v) is 6.29. The number of ketones is 1. The minimum absolute atomic E-state index is 0.0502. The van der Waals surface area contributed by atoms with Crippen LogP contribution in [0.1, 0.15) is 17.3 Å². The molecule has 0 aliphatic carbocycles. The summed E-state index contributed by atoms with van der Waals surface area (Å²) in [6, 6.07) is 3.37. The standard InChI is InChI=1S/C14H15ClFNO3/c1-4-20-14(19)11(8-17(2)3)13(18)10-6-5-9(16)7-12(10)15/h5-8H,4H2,1-3H3/b11-8-. The van der Waals surface area contributed by atoms with Crippen LogP contribution in [0.25, 0.3) is 0 Å². The van der Waals surface area contributed by atoms with Gasteiger partial charge in [0.1, 0.15) is 11.4 Å². The summed E-state index contributed by atoms with van der Waals surface area (Å²) >= 11 is 5.83. The molecule has 0 unspecified atom stereocenters. The molecule has 1 aromatic rings. The van der Waals surface area contributed by atoms with Gasteiger partial charge in [-0.1, -0.05) is 11.6 Å². The first kappa shape index (κ1) is 16.2. The van der Waals surface area contributed by atoms with E-state index in [0.29, 0.717) is 0 Å². The fourth-order valence-electron chi connectivity index (χ4n) is 1.49. The molecule has 4 nitrogen and oxygen atoms in total. The summed E-state index contributed by atoms with van der Waals surface area (Å²) in [4.78, 5) is 25.7. The molecule has 0 N–H and O–H groups in total. The quantitative estimate of drug-likeness (QED) is 0.276. The maximum atomic E-state index is 13.0. The summed E-state index contributed by atoms with van der Waals surface area (Å²) in [6.07, 6.45) is 1.35. The summed E-state index contributed by atoms with van der Waals surface area (Å²) in [6.45, 7) is 1.79. The molecule has 0 saturated carbocycles. The third-order valence-corrected chi connectivity index (χ3v) is 2.62. The number of carbonyl (C=O) groups is 2. The molecule has 0 aliphatic heterocycles. The molecule has 1 aromatic carbocycles. The smallest absolute Gasteiger partial charge is 0.343 e. The molecule has 1 rings (SSSR count). The first-order chi connectivity index (χ1) is 9.36. The Morgan fingerprint density at radius 3 is 2.55 bits per heavy atom. The van der Waals surface area contributed by atoms with Crippen LogP contribution in [0.2, 0.25) is 5.02 Å². The first-order valence-electron chi connectivity index (χ1n) is 5.92. The molecule has 6 heteroatoms. The minimum Gasteiger partial charge on any atom is -0.462 e. The lowest BCUT2D eigenvalue weighted by Crippen LogP contribution is -2.19. The van der Waals surface area contributed by atoms with E-state index < -0.39 is 17.6 Å². The van der Waals surface area contributed by atoms with Crippen molar-refractivity contribution in [1.82, 2.24) is 4.90 Å². The molecule has 0 spiro atoms. The fraction of sp³-hybridized carbons (Fsp3) is 0.286. The lowest BCUT2D eigenvalue weighted by Gasteiger charge is -2.11. The van der Waals surface area contributed by atoms with Gasteiger partial charge >= 0.3 is 5.97 Å². The van der Waals surface area contributed by atoms with Crippen LogP contribution in [-0.4, -0.2) is 37.4 Å². The van der Waals surface area contributed by atoms with Crippen molar-refractivity contribution in [1.29, 1.82) is 0 Å². The van der Waals surface area contributed by atoms with Gasteiger partial charge in [0, 0.05) is 25.9 Å². The SMILES string of the molecule is CCOC(=O)/C(=C\N(C)C)C(=O)c1ccc(F)cc1Cl. The Labute approximate surface area is 121 Å². The summed E-state index contributed by atoms with van der Waals surface area (Å²) in [5.74, 6) is -1.91. The summed E-state index contributed by atoms with van der Waals surface area (Å²) < 4.78 is 17.8. The second-order valence-corrected chi connectivity index (χ2v) is 4.59. The number of halogens is 2. The van der Waals surface area contributed by atoms with Crippen molar-refractivity contribution in [2.24, 2.45) is 0 Å². The lowest BCUT2D eigenvalue weighted by molar-refractivity contribution is -0.138. The molecule has 0 heterocycles. The highest BCUT2D eigenvalue weighted by atomic mass is 35.5. The molecular formula is C14H15ClFNO3. The number of hydrogen-bond donors (Lipinski definition) is 0. The van der Waals surface area contributed by atoms with Crippen LogP contribution in [0, 0.1) is 5.82 Å². The number of carbonyl (C=O) groups excluding carboxylic acids is 2. The summed E-state index contributed by atoms with van der Waals surface area (Å²) in [7, 11) is 3.33. The van der Waals surface area contributed by atoms with Gasteiger partial charge < -0.3 is 9.64 Å². The molecule has 0 bridgehead atoms. The Morgan fingerprint density at radius 2 is 2.05 bits per heavy atom. The Balaban J connectivity index is 3.20. The maximum Gasteiger partial charge on any atom is 0.343 e. The number of benzene rings is 1. The van der Waals surface area contributed by atoms with Crippen molar-refractivity contribution >= 4 is 23.4 Å². The average molecular weight is 300 g/mol. The van der Waals surface area contributed by atoms with Gasteiger partial charge in [-0.25, -0.2) is 9.18 Å². The monoisotopic (exact) mass is 299 g/mol. The van der Waals surface area contributed by atoms with E-state index in [1.807, 2.05) is 0 Å². The number of nitrogens with zero attached hydrogens (tertiary/aromatic N) is 1. The number of Topliss-reactive ketones (excluding diaryl/α,β-unsaturated/α-hetero) is 1. The third-order valence-electron chi connectivity index (χ3n) is 2.30. The van der Waals surface area contributed by atoms with Crippen LogP contribution in [-0.2, 0) is 9.53 Å². The fourth-order valence-corrected chi connectivity index (χ4v) is 1.74. The van der Waals surface area contributed by atoms with E-state index in [1.165, 1.54) is 12.3 Å². The van der Waals surface area contributed by atoms with E-state index in [4.69, 9.17) is 16.3 Å². The molecule has 0 saturated heterocycles. The molecule has 0 aliphatic rings. The lowest BCUT2D eigenvalue weighted by atomic mass is 10.0. The predicted molar refractivity (Wildman–Crippen MR) is 74.1 cm³/mol. The van der Waals surface area contributed by atoms with Gasteiger partial charge in [-0.3, -0.25) is 4.79 Å². The summed E-state index contributed by atoms with van der Waals surface area (Å²) in [5.41, 5.74) is -0.112. The number of esters is 1. The van der Waals surface area contributed by atoms with Crippen LogP contribution in [0.5, 0.6) is 0 Å². The van der Waals surface area contributed by atoms with E-state index >= 15 is 0 Å². The Morgan fingerprint density at radius 1 is 1.40 bits per heavy atom. The van der Waals surface area contributed by atoms with Crippen molar-refractivity contribution in [3.63, 3.8) is 0 Å². The van der Waals surface area contributed by atoms with E-state index in [-0.39, 0.29) is 22.8 Å². The van der Waals surface area contributed by atoms with E-state index in [9.17, 15) is 14.0 Å². The number of ether oxygens (including phenoxy) is 1. The minimum atomic E-state index is -0.744. The van der Waals surface area contributed by atoms with Crippen molar-refractivity contribution in [2.75, 3.05) is 20.7 Å². The zero-order valence-electron chi connectivity index (χ0n) is 11.4. The molecule has 20 heavy (non-hydrogen) atoms. The highest BCUT2D eigenvalue weighted by molar-refractivity contribution is 6.36. The zero-order valence-corrected chi connectivity index (χ0v) is 12.2. The number of hydrogen-bond acceptors (Lipinski definition) is 4. The van der Waals surface area contributed by atoms with Crippen LogP contribution in [0.15, 0.2) is 30.0 Å². The van der Waals surface area contributed by atoms with Gasteiger partial charge in [-0.15, -0.1) is 0 Å². The van der Waals surface area contributed by atoms with E-state index in [2.05, 4.69) is 0 Å². The van der Waals surface area contributed by atoms with Crippen LogP contribution >= 0.6 is 11.6 Å². The van der Waals surface area contributed by atoms with Gasteiger partial charge in [0.15, 0.2) is 0 Å². The van der Waals surface area contributed by atoms with Crippen LogP contribution in [0.4, 0.5) is 4.39 Å². The zero-order chi connectivity index (χ0) is 15.3. The maximum absolute atomic E-state index is 13.0. The van der Waals surface area contributed by atoms with Gasteiger partial charge in [-0.05, 0) is 25.1 Å². The van der Waals surface area contributed by atoms with E-state index in [0.717, 1.165) is 12.1 Å². The molecular weight excluding hydrogens is 285 g/mol. The average Bonchev–Trinajstić information content (AvgIpc) is 2.35. The van der Waals surface area contributed by atoms with Crippen molar-refractivity contribution < 1.29 is 18.7 Å². The molecule has 0 radical (unpaired) electrons. The molecule has 0 aromatic heterocycles. The Hall–Kier alpha value is -1.88. The van der Waals surface area contributed by atoms with Gasteiger partial charge in [0.2, 0.25) is 5.78 Å². The van der Waals surface area contributed by atoms with Crippen molar-refractivity contribution in [2.45, 2.75) is 6.92 Å².